The SMILES string of the molecule is COc1cc(C(O)O)ccc1[N+](=O)[O-]. The van der Waals surface area contributed by atoms with Crippen LogP contribution < -0.4 is 4.74 Å². The van der Waals surface area contributed by atoms with Crippen molar-refractivity contribution in [1.29, 1.82) is 0 Å². The molecular weight excluding hydrogens is 190 g/mol. The van der Waals surface area contributed by atoms with Gasteiger partial charge in [0.1, 0.15) is 0 Å². The molecule has 76 valence electrons. The maximum absolute atomic E-state index is 10.5. The summed E-state index contributed by atoms with van der Waals surface area (Å²) in [6.45, 7) is 0. The van der Waals surface area contributed by atoms with Gasteiger partial charge in [0.25, 0.3) is 0 Å². The fourth-order valence-corrected chi connectivity index (χ4v) is 1.01. The van der Waals surface area contributed by atoms with Gasteiger partial charge in [0.05, 0.1) is 12.0 Å². The zero-order valence-corrected chi connectivity index (χ0v) is 7.38. The fourth-order valence-electron chi connectivity index (χ4n) is 1.01. The predicted octanol–water partition coefficient (Wildman–Crippen LogP) is 0.587. The molecule has 0 aliphatic carbocycles. The number of ether oxygens (including phenoxy) is 1. The van der Waals surface area contributed by atoms with Crippen molar-refractivity contribution < 1.29 is 19.9 Å². The van der Waals surface area contributed by atoms with Gasteiger partial charge in [-0.25, -0.2) is 0 Å². The minimum absolute atomic E-state index is 0.000556. The molecule has 0 aliphatic rings. The Balaban J connectivity index is 3.18. The van der Waals surface area contributed by atoms with Crippen LogP contribution in [0, 0.1) is 10.1 Å². The summed E-state index contributed by atoms with van der Waals surface area (Å²) in [6, 6.07) is 3.63. The molecule has 0 spiro atoms. The number of aliphatic hydroxyl groups is 2. The van der Waals surface area contributed by atoms with Crippen LogP contribution in [0.3, 0.4) is 0 Å². The lowest BCUT2D eigenvalue weighted by molar-refractivity contribution is -0.385. The average Bonchev–Trinajstić information content (AvgIpc) is 2.16. The summed E-state index contributed by atoms with van der Waals surface area (Å²) in [4.78, 5) is 9.86. The number of hydrogen-bond acceptors (Lipinski definition) is 5. The first kappa shape index (κ1) is 10.4. The minimum Gasteiger partial charge on any atom is -0.490 e. The lowest BCUT2D eigenvalue weighted by Gasteiger charge is -2.06. The average molecular weight is 199 g/mol. The number of benzene rings is 1. The van der Waals surface area contributed by atoms with Gasteiger partial charge in [0.15, 0.2) is 12.0 Å². The van der Waals surface area contributed by atoms with Crippen molar-refractivity contribution in [1.82, 2.24) is 0 Å². The molecule has 0 unspecified atom stereocenters. The molecule has 1 aromatic carbocycles. The van der Waals surface area contributed by atoms with E-state index in [1.807, 2.05) is 0 Å². The first-order valence-corrected chi connectivity index (χ1v) is 3.74. The monoisotopic (exact) mass is 199 g/mol. The van der Waals surface area contributed by atoms with Gasteiger partial charge in [-0.3, -0.25) is 10.1 Å². The van der Waals surface area contributed by atoms with Crippen LogP contribution >= 0.6 is 0 Å². The van der Waals surface area contributed by atoms with Crippen LogP contribution in [0.1, 0.15) is 11.9 Å². The van der Waals surface area contributed by atoms with Crippen molar-refractivity contribution in [3.8, 4) is 5.75 Å². The summed E-state index contributed by atoms with van der Waals surface area (Å²) in [5.74, 6) is 0.000556. The Kier molecular flexibility index (Phi) is 3.00. The molecule has 0 fully saturated rings. The Labute approximate surface area is 79.5 Å². The van der Waals surface area contributed by atoms with Crippen molar-refractivity contribution >= 4 is 5.69 Å². The lowest BCUT2D eigenvalue weighted by atomic mass is 10.2. The van der Waals surface area contributed by atoms with Crippen LogP contribution in [0.4, 0.5) is 5.69 Å². The molecule has 0 bridgehead atoms. The van der Waals surface area contributed by atoms with E-state index < -0.39 is 11.2 Å². The van der Waals surface area contributed by atoms with Gasteiger partial charge >= 0.3 is 5.69 Å². The van der Waals surface area contributed by atoms with Crippen molar-refractivity contribution in [2.24, 2.45) is 0 Å². The van der Waals surface area contributed by atoms with E-state index in [0.29, 0.717) is 0 Å². The Bertz CT molecular complexity index is 350. The molecule has 0 aromatic heterocycles. The molecule has 0 aliphatic heterocycles. The van der Waals surface area contributed by atoms with Gasteiger partial charge in [0.2, 0.25) is 0 Å². The van der Waals surface area contributed by atoms with Crippen LogP contribution in [0.2, 0.25) is 0 Å². The third kappa shape index (κ3) is 1.98. The summed E-state index contributed by atoms with van der Waals surface area (Å²) in [5, 5.41) is 28.1. The number of hydrogen-bond donors (Lipinski definition) is 2. The number of nitrogens with zero attached hydrogens (tertiary/aromatic N) is 1. The highest BCUT2D eigenvalue weighted by molar-refractivity contribution is 5.48. The second-order valence-corrected chi connectivity index (χ2v) is 2.56. The van der Waals surface area contributed by atoms with E-state index in [-0.39, 0.29) is 17.0 Å². The van der Waals surface area contributed by atoms with Crippen molar-refractivity contribution in [3.63, 3.8) is 0 Å². The Hall–Kier alpha value is -1.66. The largest absolute Gasteiger partial charge is 0.490 e. The van der Waals surface area contributed by atoms with Crippen LogP contribution in [-0.4, -0.2) is 22.2 Å². The molecule has 1 rings (SSSR count). The first-order valence-electron chi connectivity index (χ1n) is 3.74. The quantitative estimate of drug-likeness (QED) is 0.422. The van der Waals surface area contributed by atoms with Gasteiger partial charge in [-0.1, -0.05) is 0 Å². The van der Waals surface area contributed by atoms with E-state index in [2.05, 4.69) is 0 Å². The summed E-state index contributed by atoms with van der Waals surface area (Å²) in [7, 11) is 1.27. The number of rotatable bonds is 3. The van der Waals surface area contributed by atoms with E-state index in [0.717, 1.165) is 6.07 Å². The molecule has 0 amide bonds. The fraction of sp³-hybridized carbons (Fsp3) is 0.250. The summed E-state index contributed by atoms with van der Waals surface area (Å²) < 4.78 is 4.73. The zero-order valence-electron chi connectivity index (χ0n) is 7.38. The highest BCUT2D eigenvalue weighted by atomic mass is 16.6. The molecule has 2 N–H and O–H groups in total. The van der Waals surface area contributed by atoms with E-state index >= 15 is 0 Å². The topological polar surface area (TPSA) is 92.8 Å². The van der Waals surface area contributed by atoms with Crippen molar-refractivity contribution in [3.05, 3.63) is 33.9 Å². The molecule has 0 atom stereocenters. The molecule has 0 saturated carbocycles. The maximum Gasteiger partial charge on any atom is 0.310 e. The maximum atomic E-state index is 10.5. The summed E-state index contributed by atoms with van der Waals surface area (Å²) in [6.07, 6.45) is -1.66. The van der Waals surface area contributed by atoms with Gasteiger partial charge in [-0.05, 0) is 12.1 Å². The standard InChI is InChI=1S/C8H9NO5/c1-14-7-4-5(8(10)11)2-3-6(7)9(12)13/h2-4,8,10-11H,1H3. The van der Waals surface area contributed by atoms with Crippen molar-refractivity contribution in [2.75, 3.05) is 7.11 Å². The molecule has 1 aromatic rings. The third-order valence-corrected chi connectivity index (χ3v) is 1.70. The van der Waals surface area contributed by atoms with E-state index in [1.54, 1.807) is 0 Å². The molecule has 0 saturated heterocycles. The normalized spacial score (nSPS) is 10.3. The first-order chi connectivity index (χ1) is 6.56. The molecular formula is C8H9NO5. The molecule has 0 heterocycles. The number of nitro groups is 1. The van der Waals surface area contributed by atoms with Crippen molar-refractivity contribution in [2.45, 2.75) is 6.29 Å². The van der Waals surface area contributed by atoms with Gasteiger partial charge in [0, 0.05) is 11.6 Å². The van der Waals surface area contributed by atoms with Gasteiger partial charge < -0.3 is 14.9 Å². The van der Waals surface area contributed by atoms with Gasteiger partial charge in [-0.15, -0.1) is 0 Å². The second kappa shape index (κ2) is 4.03. The number of methoxy groups -OCH3 is 1. The van der Waals surface area contributed by atoms with E-state index in [9.17, 15) is 10.1 Å². The summed E-state index contributed by atoms with van der Waals surface area (Å²) >= 11 is 0. The number of nitro benzene ring substituents is 1. The van der Waals surface area contributed by atoms with E-state index in [4.69, 9.17) is 14.9 Å². The van der Waals surface area contributed by atoms with Crippen LogP contribution in [0.15, 0.2) is 18.2 Å². The van der Waals surface area contributed by atoms with Crippen LogP contribution in [0.25, 0.3) is 0 Å². The lowest BCUT2D eigenvalue weighted by Crippen LogP contribution is -1.98. The third-order valence-electron chi connectivity index (χ3n) is 1.70. The Morgan fingerprint density at radius 1 is 1.50 bits per heavy atom. The minimum atomic E-state index is -1.66. The highest BCUT2D eigenvalue weighted by Gasteiger charge is 2.16. The molecule has 6 nitrogen and oxygen atoms in total. The highest BCUT2D eigenvalue weighted by Crippen LogP contribution is 2.29. The second-order valence-electron chi connectivity index (χ2n) is 2.56. The Morgan fingerprint density at radius 3 is 2.57 bits per heavy atom. The molecule has 0 radical (unpaired) electrons. The zero-order chi connectivity index (χ0) is 10.7. The van der Waals surface area contributed by atoms with Gasteiger partial charge in [-0.2, -0.15) is 0 Å². The molecule has 14 heavy (non-hydrogen) atoms. The molecule has 6 heteroatoms. The van der Waals surface area contributed by atoms with Crippen LogP contribution in [0.5, 0.6) is 5.75 Å². The van der Waals surface area contributed by atoms with E-state index in [1.165, 1.54) is 19.2 Å². The predicted molar refractivity (Wildman–Crippen MR) is 46.8 cm³/mol. The smallest absolute Gasteiger partial charge is 0.310 e. The Morgan fingerprint density at radius 2 is 2.14 bits per heavy atom. The number of aliphatic hydroxyl groups excluding tert-OH is 1. The summed E-state index contributed by atoms with van der Waals surface area (Å²) in [5.41, 5.74) is -0.0654. The van der Waals surface area contributed by atoms with Crippen LogP contribution in [-0.2, 0) is 0 Å².